The Labute approximate surface area is 244 Å². The van der Waals surface area contributed by atoms with Crippen molar-refractivity contribution in [3.05, 3.63) is 34.9 Å². The largest absolute Gasteiger partial charge is 0.444 e. The number of nitrogens with zero attached hydrogens (tertiary/aromatic N) is 1. The van der Waals surface area contributed by atoms with E-state index in [1.54, 1.807) is 25.7 Å². The molecule has 0 saturated carbocycles. The number of hydrogen-bond donors (Lipinski definition) is 2. The van der Waals surface area contributed by atoms with Crippen molar-refractivity contribution in [2.24, 2.45) is 5.92 Å². The second-order valence-corrected chi connectivity index (χ2v) is 12.2. The lowest BCUT2D eigenvalue weighted by Gasteiger charge is -2.36. The highest BCUT2D eigenvalue weighted by Gasteiger charge is 2.38. The second kappa shape index (κ2) is 18.0. The highest BCUT2D eigenvalue weighted by atomic mass is 16.6. The zero-order valence-electron chi connectivity index (χ0n) is 26.8. The first-order valence-corrected chi connectivity index (χ1v) is 15.5. The summed E-state index contributed by atoms with van der Waals surface area (Å²) in [6.45, 7) is 18.7. The summed E-state index contributed by atoms with van der Waals surface area (Å²) in [4.78, 5) is 42.8. The zero-order valence-corrected chi connectivity index (χ0v) is 26.8. The maximum atomic E-state index is 14.4. The highest BCUT2D eigenvalue weighted by Crippen LogP contribution is 2.28. The minimum absolute atomic E-state index is 0.144. The SMILES string of the molecule is CCCCCCCN(C(=O)C(NC(=O)OC(C)(C)C)C(C)CC)C(C(=O)NCCCCC)c1ccc(C)cc1C. The molecule has 2 N–H and O–H groups in total. The van der Waals surface area contributed by atoms with Gasteiger partial charge in [0.1, 0.15) is 17.7 Å². The fourth-order valence-electron chi connectivity index (χ4n) is 4.81. The Morgan fingerprint density at radius 2 is 1.55 bits per heavy atom. The molecule has 3 atom stereocenters. The van der Waals surface area contributed by atoms with Crippen LogP contribution in [-0.2, 0) is 14.3 Å². The van der Waals surface area contributed by atoms with Gasteiger partial charge >= 0.3 is 6.09 Å². The first-order valence-electron chi connectivity index (χ1n) is 15.5. The quantitative estimate of drug-likeness (QED) is 0.195. The molecule has 1 aromatic rings. The molecule has 1 rings (SSSR count). The number of alkyl carbamates (subject to hydrolysis) is 1. The van der Waals surface area contributed by atoms with E-state index in [1.165, 1.54) is 0 Å². The first-order chi connectivity index (χ1) is 18.9. The van der Waals surface area contributed by atoms with Crippen molar-refractivity contribution < 1.29 is 19.1 Å². The molecular formula is C33H57N3O4. The van der Waals surface area contributed by atoms with Crippen molar-refractivity contribution in [3.63, 3.8) is 0 Å². The second-order valence-electron chi connectivity index (χ2n) is 12.2. The molecule has 228 valence electrons. The van der Waals surface area contributed by atoms with Gasteiger partial charge in [-0.2, -0.15) is 0 Å². The van der Waals surface area contributed by atoms with Gasteiger partial charge in [0.2, 0.25) is 11.8 Å². The van der Waals surface area contributed by atoms with Crippen molar-refractivity contribution >= 4 is 17.9 Å². The standard InChI is InChI=1S/C33H57N3O4/c1-10-13-15-16-18-22-36(31(38)28(25(5)12-3)35-32(39)40-33(7,8)9)29(30(37)34-21-17-14-11-2)27-20-19-24(4)23-26(27)6/h19-20,23,25,28-29H,10-18,21-22H2,1-9H3,(H,34,37)(H,35,39). The molecule has 7 nitrogen and oxygen atoms in total. The van der Waals surface area contributed by atoms with Crippen LogP contribution in [0.2, 0.25) is 0 Å². The van der Waals surface area contributed by atoms with Crippen LogP contribution >= 0.6 is 0 Å². The van der Waals surface area contributed by atoms with E-state index in [4.69, 9.17) is 4.74 Å². The molecule has 40 heavy (non-hydrogen) atoms. The van der Waals surface area contributed by atoms with Gasteiger partial charge in [-0.15, -0.1) is 0 Å². The van der Waals surface area contributed by atoms with E-state index in [0.717, 1.165) is 68.1 Å². The van der Waals surface area contributed by atoms with Crippen LogP contribution in [-0.4, -0.2) is 47.5 Å². The maximum Gasteiger partial charge on any atom is 0.408 e. The number of carbonyl (C=O) groups is 3. The van der Waals surface area contributed by atoms with Crippen molar-refractivity contribution in [1.29, 1.82) is 0 Å². The molecule has 0 spiro atoms. The summed E-state index contributed by atoms with van der Waals surface area (Å²) in [6.07, 6.45) is 8.17. The average Bonchev–Trinajstić information content (AvgIpc) is 2.88. The van der Waals surface area contributed by atoms with Gasteiger partial charge in [0.15, 0.2) is 0 Å². The van der Waals surface area contributed by atoms with Crippen LogP contribution in [0.15, 0.2) is 18.2 Å². The third-order valence-corrected chi connectivity index (χ3v) is 7.30. The molecule has 0 saturated heterocycles. The number of carbonyl (C=O) groups excluding carboxylic acids is 3. The van der Waals surface area contributed by atoms with Gasteiger partial charge in [-0.05, 0) is 64.5 Å². The molecule has 3 amide bonds. The highest BCUT2D eigenvalue weighted by molar-refractivity contribution is 5.92. The van der Waals surface area contributed by atoms with Crippen molar-refractivity contribution in [3.8, 4) is 0 Å². The molecule has 0 radical (unpaired) electrons. The fourth-order valence-corrected chi connectivity index (χ4v) is 4.81. The summed E-state index contributed by atoms with van der Waals surface area (Å²) in [5.41, 5.74) is 2.20. The van der Waals surface area contributed by atoms with Crippen LogP contribution in [0, 0.1) is 19.8 Å². The first kappa shape index (κ1) is 35.5. The molecule has 0 aliphatic rings. The van der Waals surface area contributed by atoms with E-state index in [1.807, 2.05) is 39.8 Å². The maximum absolute atomic E-state index is 14.4. The predicted octanol–water partition coefficient (Wildman–Crippen LogP) is 7.39. The Bertz CT molecular complexity index is 925. The Hall–Kier alpha value is -2.57. The third-order valence-electron chi connectivity index (χ3n) is 7.30. The molecule has 0 aliphatic heterocycles. The van der Waals surface area contributed by atoms with Crippen LogP contribution in [0.25, 0.3) is 0 Å². The van der Waals surface area contributed by atoms with Gasteiger partial charge in [-0.3, -0.25) is 9.59 Å². The minimum Gasteiger partial charge on any atom is -0.444 e. The van der Waals surface area contributed by atoms with Crippen molar-refractivity contribution in [2.75, 3.05) is 13.1 Å². The topological polar surface area (TPSA) is 87.7 Å². The van der Waals surface area contributed by atoms with E-state index in [2.05, 4.69) is 30.5 Å². The zero-order chi connectivity index (χ0) is 30.3. The Kier molecular flexibility index (Phi) is 15.9. The molecule has 1 aromatic carbocycles. The van der Waals surface area contributed by atoms with Gasteiger partial charge in [0.05, 0.1) is 0 Å². The summed E-state index contributed by atoms with van der Waals surface area (Å²) < 4.78 is 5.52. The number of amides is 3. The van der Waals surface area contributed by atoms with Gasteiger partial charge in [0, 0.05) is 13.1 Å². The van der Waals surface area contributed by atoms with Crippen LogP contribution in [0.3, 0.4) is 0 Å². The smallest absolute Gasteiger partial charge is 0.408 e. The number of unbranched alkanes of at least 4 members (excludes halogenated alkanes) is 6. The van der Waals surface area contributed by atoms with Gasteiger partial charge in [0.25, 0.3) is 0 Å². The monoisotopic (exact) mass is 559 g/mol. The third kappa shape index (κ3) is 12.3. The molecule has 7 heteroatoms. The van der Waals surface area contributed by atoms with E-state index in [0.29, 0.717) is 19.5 Å². The number of rotatable bonds is 17. The number of benzene rings is 1. The Morgan fingerprint density at radius 3 is 2.12 bits per heavy atom. The number of nitrogens with one attached hydrogen (secondary N) is 2. The lowest BCUT2D eigenvalue weighted by Crippen LogP contribution is -2.55. The summed E-state index contributed by atoms with van der Waals surface area (Å²) in [5, 5.41) is 5.97. The summed E-state index contributed by atoms with van der Waals surface area (Å²) in [7, 11) is 0. The van der Waals surface area contributed by atoms with Crippen molar-refractivity contribution in [2.45, 2.75) is 138 Å². The van der Waals surface area contributed by atoms with Gasteiger partial charge in [-0.1, -0.05) is 96.4 Å². The fraction of sp³-hybridized carbons (Fsp3) is 0.727. The Balaban J connectivity index is 3.52. The minimum atomic E-state index is -0.809. The molecule has 3 unspecified atom stereocenters. The predicted molar refractivity (Wildman–Crippen MR) is 164 cm³/mol. The number of hydrogen-bond acceptors (Lipinski definition) is 4. The van der Waals surface area contributed by atoms with Gasteiger partial charge in [-0.25, -0.2) is 4.79 Å². The molecular weight excluding hydrogens is 502 g/mol. The van der Waals surface area contributed by atoms with Crippen LogP contribution in [0.1, 0.15) is 129 Å². The average molecular weight is 560 g/mol. The summed E-state index contributed by atoms with van der Waals surface area (Å²) >= 11 is 0. The molecule has 0 heterocycles. The summed E-state index contributed by atoms with van der Waals surface area (Å²) in [5.74, 6) is -0.565. The van der Waals surface area contributed by atoms with E-state index in [-0.39, 0.29) is 17.7 Å². The van der Waals surface area contributed by atoms with E-state index >= 15 is 0 Å². The molecule has 0 aliphatic carbocycles. The molecule has 0 aromatic heterocycles. The van der Waals surface area contributed by atoms with Gasteiger partial charge < -0.3 is 20.3 Å². The molecule has 0 fully saturated rings. The van der Waals surface area contributed by atoms with Crippen LogP contribution < -0.4 is 10.6 Å². The lowest BCUT2D eigenvalue weighted by atomic mass is 9.93. The summed E-state index contributed by atoms with van der Waals surface area (Å²) in [6, 6.07) is 4.43. The van der Waals surface area contributed by atoms with Crippen LogP contribution in [0.4, 0.5) is 4.79 Å². The normalized spacial score (nSPS) is 13.7. The van der Waals surface area contributed by atoms with E-state index < -0.39 is 23.8 Å². The lowest BCUT2D eigenvalue weighted by molar-refractivity contribution is -0.143. The Morgan fingerprint density at radius 1 is 0.925 bits per heavy atom. The van der Waals surface area contributed by atoms with Crippen molar-refractivity contribution in [1.82, 2.24) is 15.5 Å². The van der Waals surface area contributed by atoms with E-state index in [9.17, 15) is 14.4 Å². The number of aryl methyl sites for hydroxylation is 2. The molecule has 0 bridgehead atoms. The van der Waals surface area contributed by atoms with Crippen LogP contribution in [0.5, 0.6) is 0 Å². The number of ether oxygens (including phenoxy) is 1.